The Bertz CT molecular complexity index is 1070. The second-order valence-electron chi connectivity index (χ2n) is 6.20. The number of halogens is 1. The summed E-state index contributed by atoms with van der Waals surface area (Å²) in [5, 5.41) is 17.1. The average molecular weight is 415 g/mol. The third-order valence-electron chi connectivity index (χ3n) is 4.16. The molecule has 0 radical (unpaired) electrons. The minimum Gasteiger partial charge on any atom is -0.326 e. The highest BCUT2D eigenvalue weighted by atomic mass is 35.5. The lowest BCUT2D eigenvalue weighted by atomic mass is 10.2. The molecule has 0 aliphatic carbocycles. The maximum atomic E-state index is 12.5. The Morgan fingerprint density at radius 1 is 1.32 bits per heavy atom. The van der Waals surface area contributed by atoms with E-state index >= 15 is 0 Å². The summed E-state index contributed by atoms with van der Waals surface area (Å²) < 4.78 is 1.55. The highest BCUT2D eigenvalue weighted by Gasteiger charge is 2.29. The summed E-state index contributed by atoms with van der Waals surface area (Å²) in [4.78, 5) is 25.7. The van der Waals surface area contributed by atoms with Crippen molar-refractivity contribution < 1.29 is 9.59 Å². The van der Waals surface area contributed by atoms with Gasteiger partial charge in [0, 0.05) is 34.6 Å². The molecule has 28 heavy (non-hydrogen) atoms. The van der Waals surface area contributed by atoms with E-state index in [4.69, 9.17) is 11.6 Å². The summed E-state index contributed by atoms with van der Waals surface area (Å²) in [5.41, 5.74) is 2.06. The van der Waals surface area contributed by atoms with Gasteiger partial charge in [0.1, 0.15) is 0 Å². The first kappa shape index (κ1) is 18.5. The summed E-state index contributed by atoms with van der Waals surface area (Å²) in [6, 6.07) is 12.5. The van der Waals surface area contributed by atoms with Crippen LogP contribution in [0.15, 0.2) is 47.4 Å². The normalized spacial score (nSPS) is 15.6. The van der Waals surface area contributed by atoms with Gasteiger partial charge in [-0.25, -0.2) is 4.68 Å². The first-order valence-corrected chi connectivity index (χ1v) is 9.65. The third kappa shape index (κ3) is 3.85. The number of aryl methyl sites for hydroxylation is 1. The zero-order chi connectivity index (χ0) is 19.7. The van der Waals surface area contributed by atoms with E-state index in [1.165, 1.54) is 11.8 Å². The second kappa shape index (κ2) is 7.61. The van der Waals surface area contributed by atoms with E-state index in [2.05, 4.69) is 26.2 Å². The monoisotopic (exact) mass is 414 g/mol. The summed E-state index contributed by atoms with van der Waals surface area (Å²) >= 11 is 7.31. The van der Waals surface area contributed by atoms with Crippen LogP contribution in [0.5, 0.6) is 0 Å². The van der Waals surface area contributed by atoms with Crippen molar-refractivity contribution in [3.8, 4) is 11.4 Å². The van der Waals surface area contributed by atoms with Crippen LogP contribution >= 0.6 is 23.4 Å². The van der Waals surface area contributed by atoms with Gasteiger partial charge in [-0.2, -0.15) is 0 Å². The molecule has 1 aromatic heterocycles. The van der Waals surface area contributed by atoms with E-state index in [9.17, 15) is 9.59 Å². The number of fused-ring (bicyclic) bond motifs is 1. The van der Waals surface area contributed by atoms with Crippen LogP contribution in [-0.2, 0) is 16.6 Å². The molecule has 0 fully saturated rings. The van der Waals surface area contributed by atoms with Crippen molar-refractivity contribution >= 4 is 46.6 Å². The molecule has 2 amide bonds. The van der Waals surface area contributed by atoms with Gasteiger partial charge in [-0.1, -0.05) is 23.7 Å². The van der Waals surface area contributed by atoms with E-state index in [0.29, 0.717) is 22.2 Å². The van der Waals surface area contributed by atoms with Crippen LogP contribution < -0.4 is 10.6 Å². The van der Waals surface area contributed by atoms with E-state index in [1.54, 1.807) is 36.0 Å². The zero-order valence-electron chi connectivity index (χ0n) is 14.7. The number of carbonyl (C=O) groups excluding carboxylic acids is 2. The van der Waals surface area contributed by atoms with Crippen molar-refractivity contribution in [1.29, 1.82) is 0 Å². The molecular weight excluding hydrogens is 400 g/mol. The summed E-state index contributed by atoms with van der Waals surface area (Å²) in [6.07, 6.45) is 0.0499. The van der Waals surface area contributed by atoms with Crippen LogP contribution in [0, 0.1) is 0 Å². The summed E-state index contributed by atoms with van der Waals surface area (Å²) in [6.45, 7) is 0. The predicted octanol–water partition coefficient (Wildman–Crippen LogP) is 2.97. The predicted molar refractivity (Wildman–Crippen MR) is 107 cm³/mol. The lowest BCUT2D eigenvalue weighted by Gasteiger charge is -2.23. The van der Waals surface area contributed by atoms with Crippen molar-refractivity contribution in [2.45, 2.75) is 16.6 Å². The van der Waals surface area contributed by atoms with Crippen molar-refractivity contribution in [2.75, 3.05) is 10.6 Å². The van der Waals surface area contributed by atoms with E-state index in [1.807, 2.05) is 18.2 Å². The number of rotatable bonds is 4. The maximum absolute atomic E-state index is 12.5. The minimum absolute atomic E-state index is 0.0499. The standard InChI is InChI=1S/C18H15ClN6O2S/c1-25-17(22-23-24-25)10-3-2-4-12(7-10)20-16(26)9-15-18(27)21-13-8-11(19)5-6-14(13)28-15/h2-8,15H,9H2,1H3,(H,20,26)(H,21,27)/t15-/m1/s1. The third-order valence-corrected chi connectivity index (χ3v) is 5.67. The van der Waals surface area contributed by atoms with Crippen molar-refractivity contribution in [3.63, 3.8) is 0 Å². The molecule has 10 heteroatoms. The van der Waals surface area contributed by atoms with Gasteiger partial charge in [-0.3, -0.25) is 9.59 Å². The molecule has 0 bridgehead atoms. The second-order valence-corrected chi connectivity index (χ2v) is 7.88. The molecule has 0 saturated carbocycles. The first-order chi connectivity index (χ1) is 13.5. The molecule has 142 valence electrons. The largest absolute Gasteiger partial charge is 0.326 e. The Morgan fingerprint density at radius 2 is 2.18 bits per heavy atom. The van der Waals surface area contributed by atoms with Crippen LogP contribution in [0.2, 0.25) is 5.02 Å². The fourth-order valence-corrected chi connectivity index (χ4v) is 4.11. The quantitative estimate of drug-likeness (QED) is 0.680. The molecule has 2 heterocycles. The smallest absolute Gasteiger partial charge is 0.238 e. The van der Waals surface area contributed by atoms with Crippen LogP contribution in [0.4, 0.5) is 11.4 Å². The Labute approximate surface area is 169 Å². The lowest BCUT2D eigenvalue weighted by molar-refractivity contribution is -0.120. The number of aromatic nitrogens is 4. The number of nitrogens with one attached hydrogen (secondary N) is 2. The fourth-order valence-electron chi connectivity index (χ4n) is 2.85. The molecular formula is C18H15ClN6O2S. The number of nitrogens with zero attached hydrogens (tertiary/aromatic N) is 4. The maximum Gasteiger partial charge on any atom is 0.238 e. The van der Waals surface area contributed by atoms with Crippen LogP contribution in [0.1, 0.15) is 6.42 Å². The number of amides is 2. The van der Waals surface area contributed by atoms with Crippen molar-refractivity contribution in [1.82, 2.24) is 20.2 Å². The topological polar surface area (TPSA) is 102 Å². The Morgan fingerprint density at radius 3 is 2.96 bits per heavy atom. The van der Waals surface area contributed by atoms with Crippen LogP contribution in [0.25, 0.3) is 11.4 Å². The van der Waals surface area contributed by atoms with Gasteiger partial charge in [0.15, 0.2) is 5.82 Å². The van der Waals surface area contributed by atoms with E-state index < -0.39 is 5.25 Å². The van der Waals surface area contributed by atoms with Gasteiger partial charge in [0.05, 0.1) is 10.9 Å². The molecule has 2 N–H and O–H groups in total. The highest BCUT2D eigenvalue weighted by Crippen LogP contribution is 2.38. The van der Waals surface area contributed by atoms with Gasteiger partial charge >= 0.3 is 0 Å². The number of carbonyl (C=O) groups is 2. The zero-order valence-corrected chi connectivity index (χ0v) is 16.3. The van der Waals surface area contributed by atoms with Gasteiger partial charge in [0.2, 0.25) is 11.8 Å². The Kier molecular flexibility index (Phi) is 5.01. The summed E-state index contributed by atoms with van der Waals surface area (Å²) in [5.74, 6) is 0.126. The lowest BCUT2D eigenvalue weighted by Crippen LogP contribution is -2.32. The van der Waals surface area contributed by atoms with Crippen molar-refractivity contribution in [2.24, 2.45) is 7.05 Å². The average Bonchev–Trinajstić information content (AvgIpc) is 3.09. The van der Waals surface area contributed by atoms with Gasteiger partial charge in [0.25, 0.3) is 0 Å². The molecule has 0 saturated heterocycles. The van der Waals surface area contributed by atoms with E-state index in [0.717, 1.165) is 10.5 Å². The van der Waals surface area contributed by atoms with Gasteiger partial charge in [-0.05, 0) is 40.8 Å². The molecule has 3 aromatic rings. The molecule has 2 aromatic carbocycles. The molecule has 1 aliphatic heterocycles. The molecule has 0 unspecified atom stereocenters. The van der Waals surface area contributed by atoms with Crippen molar-refractivity contribution in [3.05, 3.63) is 47.5 Å². The van der Waals surface area contributed by atoms with Gasteiger partial charge < -0.3 is 10.6 Å². The Balaban J connectivity index is 1.44. The number of hydrogen-bond acceptors (Lipinski definition) is 6. The molecule has 1 aliphatic rings. The van der Waals surface area contributed by atoms with Crippen LogP contribution in [0.3, 0.4) is 0 Å². The van der Waals surface area contributed by atoms with Crippen LogP contribution in [-0.4, -0.2) is 37.3 Å². The Hall–Kier alpha value is -2.91. The minimum atomic E-state index is -0.514. The number of thioether (sulfide) groups is 1. The molecule has 8 nitrogen and oxygen atoms in total. The number of anilines is 2. The molecule has 4 rings (SSSR count). The molecule has 1 atom stereocenters. The number of hydrogen-bond donors (Lipinski definition) is 2. The highest BCUT2D eigenvalue weighted by molar-refractivity contribution is 8.01. The number of tetrazole rings is 1. The fraction of sp³-hybridized carbons (Fsp3) is 0.167. The molecule has 0 spiro atoms. The van der Waals surface area contributed by atoms with E-state index in [-0.39, 0.29) is 18.2 Å². The SMILES string of the molecule is Cn1nnnc1-c1cccc(NC(=O)C[C@H]2Sc3ccc(Cl)cc3NC2=O)c1. The summed E-state index contributed by atoms with van der Waals surface area (Å²) in [7, 11) is 1.74. The number of benzene rings is 2. The van der Waals surface area contributed by atoms with Gasteiger partial charge in [-0.15, -0.1) is 16.9 Å². The first-order valence-electron chi connectivity index (χ1n) is 8.39.